The number of Topliss-reactive ketones (excluding diaryl/α,β-unsaturated/α-hetero) is 1. The summed E-state index contributed by atoms with van der Waals surface area (Å²) in [6, 6.07) is 21.5. The number of hydrogen-bond donors (Lipinski definition) is 1. The number of benzene rings is 2. The molecule has 34 heavy (non-hydrogen) atoms. The van der Waals surface area contributed by atoms with E-state index in [1.165, 1.54) is 0 Å². The second-order valence-electron chi connectivity index (χ2n) is 8.38. The fourth-order valence-electron chi connectivity index (χ4n) is 4.30. The molecule has 1 atom stereocenters. The average Bonchev–Trinajstić information content (AvgIpc) is 3.18. The fourth-order valence-corrected chi connectivity index (χ4v) is 4.56. The van der Waals surface area contributed by atoms with Gasteiger partial charge in [-0.1, -0.05) is 56.1 Å². The van der Waals surface area contributed by atoms with Gasteiger partial charge in [-0.15, -0.1) is 0 Å². The Kier molecular flexibility index (Phi) is 7.49. The number of anilines is 2. The molecule has 1 aliphatic carbocycles. The molecule has 4 nitrogen and oxygen atoms in total. The smallest absolute Gasteiger partial charge is 0.165 e. The molecule has 0 saturated carbocycles. The summed E-state index contributed by atoms with van der Waals surface area (Å²) in [6.45, 7) is 4.20. The van der Waals surface area contributed by atoms with Crippen LogP contribution in [0, 0.1) is 5.92 Å². The zero-order valence-electron chi connectivity index (χ0n) is 19.8. The van der Waals surface area contributed by atoms with E-state index in [4.69, 9.17) is 21.3 Å². The largest absolute Gasteiger partial charge is 0.495 e. The number of methoxy groups -OCH3 is 1. The molecule has 2 aromatic carbocycles. The van der Waals surface area contributed by atoms with Gasteiger partial charge < -0.3 is 10.1 Å². The standard InChI is InChI=1S/C29H29ClN2O2/c1-4-8-19(5-2)29(33)20-11-14-22(15-12-20)32-26-10-7-6-9-23-24(18-31-28(23)26)21-13-16-27(34-3)25(30)17-21/h6-7,9-19,32H,4-5,8H2,1-3H3/t19-/m0/s1. The molecule has 5 heteroatoms. The third kappa shape index (κ3) is 4.92. The van der Waals surface area contributed by atoms with Gasteiger partial charge in [0.05, 0.1) is 23.5 Å². The first-order valence-corrected chi connectivity index (χ1v) is 12.1. The van der Waals surface area contributed by atoms with Gasteiger partial charge in [0.1, 0.15) is 5.75 Å². The van der Waals surface area contributed by atoms with Crippen molar-refractivity contribution in [3.8, 4) is 28.1 Å². The molecule has 0 bridgehead atoms. The van der Waals surface area contributed by atoms with Gasteiger partial charge >= 0.3 is 0 Å². The lowest BCUT2D eigenvalue weighted by Gasteiger charge is -2.13. The van der Waals surface area contributed by atoms with E-state index in [1.54, 1.807) is 7.11 Å². The monoisotopic (exact) mass is 472 g/mol. The molecule has 1 N–H and O–H groups in total. The van der Waals surface area contributed by atoms with Crippen molar-refractivity contribution in [3.63, 3.8) is 0 Å². The van der Waals surface area contributed by atoms with E-state index in [0.717, 1.165) is 58.6 Å². The van der Waals surface area contributed by atoms with E-state index < -0.39 is 0 Å². The Morgan fingerprint density at radius 3 is 2.47 bits per heavy atom. The van der Waals surface area contributed by atoms with E-state index in [9.17, 15) is 4.79 Å². The molecule has 0 saturated heterocycles. The van der Waals surface area contributed by atoms with Crippen LogP contribution in [-0.4, -0.2) is 17.9 Å². The summed E-state index contributed by atoms with van der Waals surface area (Å²) in [5.74, 6) is 0.962. The first kappa shape index (κ1) is 23.8. The highest BCUT2D eigenvalue weighted by atomic mass is 35.5. The van der Waals surface area contributed by atoms with E-state index in [0.29, 0.717) is 10.8 Å². The predicted octanol–water partition coefficient (Wildman–Crippen LogP) is 8.27. The van der Waals surface area contributed by atoms with E-state index >= 15 is 0 Å². The lowest BCUT2D eigenvalue weighted by atomic mass is 9.91. The van der Waals surface area contributed by atoms with Gasteiger partial charge in [0.15, 0.2) is 5.78 Å². The highest BCUT2D eigenvalue weighted by Gasteiger charge is 2.19. The molecule has 4 rings (SSSR count). The van der Waals surface area contributed by atoms with Crippen molar-refractivity contribution in [3.05, 3.63) is 83.5 Å². The Hall–Kier alpha value is -3.37. The minimum atomic E-state index is 0.0926. The number of rotatable bonds is 9. The lowest BCUT2D eigenvalue weighted by molar-refractivity contribution is 0.0909. The van der Waals surface area contributed by atoms with E-state index in [-0.39, 0.29) is 11.7 Å². The number of ether oxygens (including phenoxy) is 1. The molecular weight excluding hydrogens is 444 g/mol. The highest BCUT2D eigenvalue weighted by molar-refractivity contribution is 6.32. The highest BCUT2D eigenvalue weighted by Crippen LogP contribution is 2.39. The van der Waals surface area contributed by atoms with Crippen LogP contribution in [0.15, 0.2) is 72.9 Å². The van der Waals surface area contributed by atoms with Crippen molar-refractivity contribution < 1.29 is 9.53 Å². The number of nitrogens with zero attached hydrogens (tertiary/aromatic N) is 1. The van der Waals surface area contributed by atoms with Crippen molar-refractivity contribution in [2.75, 3.05) is 12.4 Å². The minimum Gasteiger partial charge on any atom is -0.495 e. The van der Waals surface area contributed by atoms with Crippen LogP contribution in [0.2, 0.25) is 5.02 Å². The number of nitrogens with one attached hydrogen (secondary N) is 1. The van der Waals surface area contributed by atoms with Gasteiger partial charge in [0.25, 0.3) is 0 Å². The molecule has 0 fully saturated rings. The second kappa shape index (κ2) is 10.7. The van der Waals surface area contributed by atoms with Crippen molar-refractivity contribution in [2.45, 2.75) is 33.1 Å². The van der Waals surface area contributed by atoms with Crippen LogP contribution in [0.3, 0.4) is 0 Å². The van der Waals surface area contributed by atoms with Crippen LogP contribution in [0.25, 0.3) is 22.4 Å². The van der Waals surface area contributed by atoms with Crippen molar-refractivity contribution in [2.24, 2.45) is 5.92 Å². The van der Waals surface area contributed by atoms with Crippen LogP contribution in [0.1, 0.15) is 43.5 Å². The third-order valence-corrected chi connectivity index (χ3v) is 6.47. The first-order chi connectivity index (χ1) is 16.5. The summed E-state index contributed by atoms with van der Waals surface area (Å²) >= 11 is 6.36. The first-order valence-electron chi connectivity index (χ1n) is 11.7. The molecule has 0 radical (unpaired) electrons. The number of ketones is 1. The molecule has 174 valence electrons. The summed E-state index contributed by atoms with van der Waals surface area (Å²) in [4.78, 5) is 17.5. The second-order valence-corrected chi connectivity index (χ2v) is 8.78. The maximum Gasteiger partial charge on any atom is 0.165 e. The Morgan fingerprint density at radius 1 is 1.03 bits per heavy atom. The molecule has 1 aliphatic heterocycles. The van der Waals surface area contributed by atoms with Crippen LogP contribution >= 0.6 is 11.6 Å². The fraction of sp³-hybridized carbons (Fsp3) is 0.241. The number of aromatic nitrogens is 1. The zero-order valence-corrected chi connectivity index (χ0v) is 20.5. The molecule has 0 spiro atoms. The summed E-state index contributed by atoms with van der Waals surface area (Å²) in [5.41, 5.74) is 6.42. The van der Waals surface area contributed by atoms with Crippen LogP contribution in [-0.2, 0) is 0 Å². The molecule has 2 aliphatic rings. The maximum atomic E-state index is 12.8. The number of fused-ring (bicyclic) bond motifs is 1. The van der Waals surface area contributed by atoms with Crippen molar-refractivity contribution >= 4 is 28.8 Å². The van der Waals surface area contributed by atoms with E-state index in [1.807, 2.05) is 66.9 Å². The molecule has 0 unspecified atom stereocenters. The predicted molar refractivity (Wildman–Crippen MR) is 141 cm³/mol. The van der Waals surface area contributed by atoms with Crippen LogP contribution < -0.4 is 10.1 Å². The molecule has 1 heterocycles. The van der Waals surface area contributed by atoms with Gasteiger partial charge in [-0.25, -0.2) is 0 Å². The van der Waals surface area contributed by atoms with Gasteiger partial charge in [-0.3, -0.25) is 9.78 Å². The zero-order chi connectivity index (χ0) is 24.1. The lowest BCUT2D eigenvalue weighted by Crippen LogP contribution is -2.13. The van der Waals surface area contributed by atoms with Crippen molar-refractivity contribution in [1.82, 2.24) is 4.98 Å². The molecule has 2 aromatic rings. The average molecular weight is 473 g/mol. The minimum absolute atomic E-state index is 0.0926. The Labute approximate surface area is 206 Å². The maximum absolute atomic E-state index is 12.8. The van der Waals surface area contributed by atoms with Gasteiger partial charge in [-0.05, 0) is 60.9 Å². The Bertz CT molecular complexity index is 1250. The molecule has 0 aromatic heterocycles. The van der Waals surface area contributed by atoms with Crippen LogP contribution in [0.4, 0.5) is 11.4 Å². The number of carbonyl (C=O) groups is 1. The van der Waals surface area contributed by atoms with E-state index in [2.05, 4.69) is 25.2 Å². The SMILES string of the molecule is CCC[C@H](CC)C(=O)c1ccc(Nc2ccccc3c(-c4ccc(OC)c(Cl)c4)cnc2-3)cc1. The topological polar surface area (TPSA) is 51.2 Å². The third-order valence-electron chi connectivity index (χ3n) is 6.17. The quantitative estimate of drug-likeness (QED) is 0.249. The van der Waals surface area contributed by atoms with Gasteiger partial charge in [0.2, 0.25) is 0 Å². The Balaban J connectivity index is 1.59. The molecule has 0 amide bonds. The number of hydrogen-bond acceptors (Lipinski definition) is 4. The summed E-state index contributed by atoms with van der Waals surface area (Å²) < 4.78 is 5.28. The number of carbonyl (C=O) groups excluding carboxylic acids is 1. The summed E-state index contributed by atoms with van der Waals surface area (Å²) in [7, 11) is 1.61. The molecular formula is C29H29ClN2O2. The summed E-state index contributed by atoms with van der Waals surface area (Å²) in [6.07, 6.45) is 4.68. The van der Waals surface area contributed by atoms with Crippen molar-refractivity contribution in [1.29, 1.82) is 0 Å². The normalized spacial score (nSPS) is 11.9. The number of halogens is 1. The van der Waals surface area contributed by atoms with Gasteiger partial charge in [0, 0.05) is 34.5 Å². The Morgan fingerprint density at radius 2 is 1.79 bits per heavy atom. The van der Waals surface area contributed by atoms with Gasteiger partial charge in [-0.2, -0.15) is 0 Å². The summed E-state index contributed by atoms with van der Waals surface area (Å²) in [5, 5.41) is 4.04. The van der Waals surface area contributed by atoms with Crippen LogP contribution in [0.5, 0.6) is 5.75 Å².